The molecule has 0 radical (unpaired) electrons. The number of nitrogens with zero attached hydrogens (tertiary/aromatic N) is 1. The average Bonchev–Trinajstić information content (AvgIpc) is 2.15. The molecular weight excluding hydrogens is 260 g/mol. The number of hydrogen-bond donors (Lipinski definition) is 2. The predicted octanol–water partition coefficient (Wildman–Crippen LogP) is 1.65. The number of nitrogens with one attached hydrogen (secondary N) is 1. The van der Waals surface area contributed by atoms with E-state index in [0.717, 1.165) is 5.75 Å². The summed E-state index contributed by atoms with van der Waals surface area (Å²) in [5, 5.41) is 12.7. The standard InChI is InChI=1S/C12H26N2O2S.2CH4/c1-9(8-17(5)6)12(16)13-10(2)11(15)7-14(3)4;;/h9-11,15H,5,7-8H2,1-4,6H3,(H,13,16);2*1H4/t9?,10-,11+,17?;;/m0../s1. The molecule has 2 N–H and O–H groups in total. The van der Waals surface area contributed by atoms with Crippen molar-refractivity contribution in [2.24, 2.45) is 5.92 Å². The minimum atomic E-state index is -0.541. The van der Waals surface area contributed by atoms with Gasteiger partial charge in [-0.2, -0.15) is 10.5 Å². The number of carbonyl (C=O) groups excluding carboxylic acids is 1. The molecule has 118 valence electrons. The molecule has 19 heavy (non-hydrogen) atoms. The molecule has 0 rings (SSSR count). The second-order valence-electron chi connectivity index (χ2n) is 4.98. The Hall–Kier alpha value is -0.390. The van der Waals surface area contributed by atoms with Crippen molar-refractivity contribution >= 4 is 22.3 Å². The summed E-state index contributed by atoms with van der Waals surface area (Å²) < 4.78 is 0. The van der Waals surface area contributed by atoms with Crippen LogP contribution in [-0.4, -0.2) is 66.6 Å². The third-order valence-electron chi connectivity index (χ3n) is 2.48. The fourth-order valence-electron chi connectivity index (χ4n) is 1.50. The Morgan fingerprint density at radius 1 is 1.37 bits per heavy atom. The van der Waals surface area contributed by atoms with Crippen molar-refractivity contribution in [3.63, 3.8) is 0 Å². The van der Waals surface area contributed by atoms with Crippen LogP contribution in [0.5, 0.6) is 0 Å². The zero-order valence-corrected chi connectivity index (χ0v) is 12.4. The smallest absolute Gasteiger partial charge is 0.223 e. The third kappa shape index (κ3) is 11.2. The van der Waals surface area contributed by atoms with E-state index in [1.54, 1.807) is 0 Å². The number of hydrogen-bond acceptors (Lipinski definition) is 3. The SMILES string of the molecule is C.C.C=S(C)CC(C)C(=O)N[C@@H](C)[C@H](O)CN(C)C. The van der Waals surface area contributed by atoms with Crippen LogP contribution in [0.3, 0.4) is 0 Å². The van der Waals surface area contributed by atoms with E-state index in [9.17, 15) is 9.90 Å². The van der Waals surface area contributed by atoms with Crippen LogP contribution in [-0.2, 0) is 4.79 Å². The molecule has 2 unspecified atom stereocenters. The van der Waals surface area contributed by atoms with E-state index < -0.39 is 6.10 Å². The van der Waals surface area contributed by atoms with Gasteiger partial charge in [-0.25, -0.2) is 0 Å². The van der Waals surface area contributed by atoms with Crippen molar-refractivity contribution in [3.8, 4) is 0 Å². The molecule has 5 heteroatoms. The molecule has 0 aromatic heterocycles. The first-order valence-electron chi connectivity index (χ1n) is 5.79. The molecule has 4 atom stereocenters. The van der Waals surface area contributed by atoms with E-state index in [1.807, 2.05) is 39.1 Å². The topological polar surface area (TPSA) is 52.6 Å². The Morgan fingerprint density at radius 3 is 2.21 bits per heavy atom. The highest BCUT2D eigenvalue weighted by Gasteiger charge is 2.20. The molecular formula is C14H34N2O2S. The average molecular weight is 295 g/mol. The molecule has 0 aliphatic carbocycles. The van der Waals surface area contributed by atoms with Gasteiger partial charge in [-0.3, -0.25) is 4.79 Å². The van der Waals surface area contributed by atoms with Gasteiger partial charge in [-0.05, 0) is 33.0 Å². The lowest BCUT2D eigenvalue weighted by Crippen LogP contribution is -2.47. The van der Waals surface area contributed by atoms with Crippen molar-refractivity contribution < 1.29 is 9.90 Å². The highest BCUT2D eigenvalue weighted by atomic mass is 32.2. The molecule has 0 spiro atoms. The number of rotatable bonds is 7. The van der Waals surface area contributed by atoms with Crippen LogP contribution in [0.1, 0.15) is 28.7 Å². The molecule has 0 bridgehead atoms. The highest BCUT2D eigenvalue weighted by Crippen LogP contribution is 2.10. The Labute approximate surface area is 122 Å². The lowest BCUT2D eigenvalue weighted by Gasteiger charge is -2.24. The van der Waals surface area contributed by atoms with Gasteiger partial charge < -0.3 is 15.3 Å². The number of amides is 1. The van der Waals surface area contributed by atoms with Crippen molar-refractivity contribution in [1.29, 1.82) is 0 Å². The van der Waals surface area contributed by atoms with Gasteiger partial charge in [0.05, 0.1) is 12.1 Å². The van der Waals surface area contributed by atoms with E-state index in [0.29, 0.717) is 6.54 Å². The summed E-state index contributed by atoms with van der Waals surface area (Å²) in [6, 6.07) is -0.226. The summed E-state index contributed by atoms with van der Waals surface area (Å²) >= 11 is 0. The lowest BCUT2D eigenvalue weighted by molar-refractivity contribution is -0.125. The second kappa shape index (κ2) is 11.4. The maximum absolute atomic E-state index is 11.8. The molecule has 0 aromatic rings. The van der Waals surface area contributed by atoms with Crippen LogP contribution in [0.4, 0.5) is 0 Å². The number of aliphatic hydroxyl groups excluding tert-OH is 1. The van der Waals surface area contributed by atoms with E-state index >= 15 is 0 Å². The second-order valence-corrected chi connectivity index (χ2v) is 6.87. The van der Waals surface area contributed by atoms with Gasteiger partial charge in [0.2, 0.25) is 5.91 Å². The fourth-order valence-corrected chi connectivity index (χ4v) is 2.50. The van der Waals surface area contributed by atoms with Crippen LogP contribution >= 0.6 is 10.5 Å². The summed E-state index contributed by atoms with van der Waals surface area (Å²) in [4.78, 5) is 13.7. The van der Waals surface area contributed by atoms with Crippen LogP contribution in [0.2, 0.25) is 0 Å². The zero-order chi connectivity index (χ0) is 13.6. The normalized spacial score (nSPS) is 16.6. The molecule has 0 saturated heterocycles. The van der Waals surface area contributed by atoms with E-state index in [1.165, 1.54) is 0 Å². The van der Waals surface area contributed by atoms with Gasteiger partial charge in [0.25, 0.3) is 0 Å². The van der Waals surface area contributed by atoms with Crippen LogP contribution in [0.25, 0.3) is 0 Å². The first-order chi connectivity index (χ1) is 7.73. The van der Waals surface area contributed by atoms with Gasteiger partial charge in [0.1, 0.15) is 0 Å². The van der Waals surface area contributed by atoms with E-state index in [2.05, 4.69) is 11.2 Å². The molecule has 0 fully saturated rings. The van der Waals surface area contributed by atoms with E-state index in [4.69, 9.17) is 0 Å². The summed E-state index contributed by atoms with van der Waals surface area (Å²) in [5.41, 5.74) is 0. The van der Waals surface area contributed by atoms with Crippen LogP contribution in [0, 0.1) is 5.92 Å². The molecule has 0 aliphatic heterocycles. The van der Waals surface area contributed by atoms with Gasteiger partial charge in [-0.1, -0.05) is 27.6 Å². The van der Waals surface area contributed by atoms with Crippen molar-refractivity contribution in [2.75, 3.05) is 32.6 Å². The van der Waals surface area contributed by atoms with Crippen molar-refractivity contribution in [2.45, 2.75) is 40.8 Å². The first kappa shape index (κ1) is 23.7. The number of carbonyl (C=O) groups is 1. The van der Waals surface area contributed by atoms with Crippen molar-refractivity contribution in [3.05, 3.63) is 0 Å². The summed E-state index contributed by atoms with van der Waals surface area (Å²) in [5.74, 6) is 4.65. The molecule has 4 nitrogen and oxygen atoms in total. The fraction of sp³-hybridized carbons (Fsp3) is 0.857. The Balaban J connectivity index is -0.00000128. The molecule has 0 saturated carbocycles. The maximum atomic E-state index is 11.8. The number of likely N-dealkylation sites (N-methyl/N-ethyl adjacent to an activating group) is 1. The maximum Gasteiger partial charge on any atom is 0.223 e. The summed E-state index contributed by atoms with van der Waals surface area (Å²) in [6.07, 6.45) is 1.48. The van der Waals surface area contributed by atoms with Gasteiger partial charge in [0.15, 0.2) is 0 Å². The minimum absolute atomic E-state index is 0. The lowest BCUT2D eigenvalue weighted by atomic mass is 10.1. The van der Waals surface area contributed by atoms with Crippen LogP contribution in [0.15, 0.2) is 0 Å². The summed E-state index contributed by atoms with van der Waals surface area (Å²) in [7, 11) is 3.81. The molecule has 0 aliphatic rings. The van der Waals surface area contributed by atoms with Gasteiger partial charge in [0, 0.05) is 12.5 Å². The minimum Gasteiger partial charge on any atom is -0.390 e. The van der Waals surface area contributed by atoms with Gasteiger partial charge in [-0.15, -0.1) is 0 Å². The molecule has 0 aromatic carbocycles. The van der Waals surface area contributed by atoms with Crippen LogP contribution < -0.4 is 5.32 Å². The number of aliphatic hydroxyl groups is 1. The summed E-state index contributed by atoms with van der Waals surface area (Å²) in [6.45, 7) is 4.27. The largest absolute Gasteiger partial charge is 0.390 e. The molecule has 1 amide bonds. The van der Waals surface area contributed by atoms with Gasteiger partial charge >= 0.3 is 0 Å². The zero-order valence-electron chi connectivity index (χ0n) is 11.6. The Morgan fingerprint density at radius 2 is 1.84 bits per heavy atom. The Kier molecular flexibility index (Phi) is 14.3. The third-order valence-corrected chi connectivity index (χ3v) is 3.55. The molecule has 0 heterocycles. The highest BCUT2D eigenvalue weighted by molar-refractivity contribution is 8.13. The van der Waals surface area contributed by atoms with Crippen molar-refractivity contribution in [1.82, 2.24) is 10.2 Å². The first-order valence-corrected chi connectivity index (χ1v) is 7.76. The van der Waals surface area contributed by atoms with E-state index in [-0.39, 0.29) is 43.2 Å². The Bertz CT molecular complexity index is 270. The predicted molar refractivity (Wildman–Crippen MR) is 90.3 cm³/mol. The quantitative estimate of drug-likeness (QED) is 0.702. The monoisotopic (exact) mass is 294 g/mol.